The van der Waals surface area contributed by atoms with E-state index < -0.39 is 11.5 Å². The molecular weight excluding hydrogens is 230 g/mol. The molecule has 1 saturated carbocycles. The van der Waals surface area contributed by atoms with Gasteiger partial charge in [-0.2, -0.15) is 0 Å². The highest BCUT2D eigenvalue weighted by molar-refractivity contribution is 5.87. The maximum Gasteiger partial charge on any atom is 0.329 e. The second-order valence-electron chi connectivity index (χ2n) is 5.84. The van der Waals surface area contributed by atoms with Crippen LogP contribution in [0, 0.1) is 11.8 Å². The molecule has 0 radical (unpaired) electrons. The summed E-state index contributed by atoms with van der Waals surface area (Å²) in [7, 11) is 0. The molecule has 0 bridgehead atoms. The fourth-order valence-electron chi connectivity index (χ4n) is 2.43. The van der Waals surface area contributed by atoms with Crippen LogP contribution in [0.1, 0.15) is 59.3 Å². The predicted molar refractivity (Wildman–Crippen MR) is 70.2 cm³/mol. The molecular formula is C14H25NO3. The molecule has 0 aliphatic heterocycles. The van der Waals surface area contributed by atoms with E-state index in [1.807, 2.05) is 13.8 Å². The van der Waals surface area contributed by atoms with E-state index in [0.717, 1.165) is 19.3 Å². The summed E-state index contributed by atoms with van der Waals surface area (Å²) >= 11 is 0. The summed E-state index contributed by atoms with van der Waals surface area (Å²) in [6.45, 7) is 6.18. The molecule has 0 heterocycles. The van der Waals surface area contributed by atoms with Crippen molar-refractivity contribution in [3.63, 3.8) is 0 Å². The summed E-state index contributed by atoms with van der Waals surface area (Å²) < 4.78 is 0. The predicted octanol–water partition coefficient (Wildman–Crippen LogP) is 2.57. The molecule has 1 aliphatic carbocycles. The van der Waals surface area contributed by atoms with Crippen molar-refractivity contribution in [1.29, 1.82) is 0 Å². The van der Waals surface area contributed by atoms with Gasteiger partial charge in [0.15, 0.2) is 0 Å². The van der Waals surface area contributed by atoms with Gasteiger partial charge in [0.1, 0.15) is 5.54 Å². The third-order valence-corrected chi connectivity index (χ3v) is 4.15. The lowest BCUT2D eigenvalue weighted by molar-refractivity contribution is -0.149. The summed E-state index contributed by atoms with van der Waals surface area (Å²) in [5.74, 6) is -0.143. The largest absolute Gasteiger partial charge is 0.480 e. The minimum Gasteiger partial charge on any atom is -0.480 e. The quantitative estimate of drug-likeness (QED) is 0.793. The van der Waals surface area contributed by atoms with Crippen molar-refractivity contribution >= 4 is 11.9 Å². The third-order valence-electron chi connectivity index (χ3n) is 4.15. The van der Waals surface area contributed by atoms with Gasteiger partial charge >= 0.3 is 5.97 Å². The van der Waals surface area contributed by atoms with Gasteiger partial charge in [0, 0.05) is 6.42 Å². The second kappa shape index (κ2) is 6.21. The Labute approximate surface area is 109 Å². The first-order valence-electron chi connectivity index (χ1n) is 6.94. The fourth-order valence-corrected chi connectivity index (χ4v) is 2.43. The van der Waals surface area contributed by atoms with Crippen molar-refractivity contribution in [2.75, 3.05) is 0 Å². The van der Waals surface area contributed by atoms with E-state index in [1.165, 1.54) is 0 Å². The van der Waals surface area contributed by atoms with E-state index in [2.05, 4.69) is 12.2 Å². The number of hydrogen-bond donors (Lipinski definition) is 2. The van der Waals surface area contributed by atoms with Gasteiger partial charge in [0.2, 0.25) is 5.91 Å². The van der Waals surface area contributed by atoms with E-state index in [0.29, 0.717) is 31.1 Å². The van der Waals surface area contributed by atoms with Crippen LogP contribution in [0.5, 0.6) is 0 Å². The van der Waals surface area contributed by atoms with E-state index >= 15 is 0 Å². The van der Waals surface area contributed by atoms with Gasteiger partial charge < -0.3 is 10.4 Å². The molecule has 4 heteroatoms. The van der Waals surface area contributed by atoms with Crippen LogP contribution in [0.25, 0.3) is 0 Å². The number of hydrogen-bond acceptors (Lipinski definition) is 2. The number of carbonyl (C=O) groups excluding carboxylic acids is 1. The molecule has 0 aromatic carbocycles. The van der Waals surface area contributed by atoms with Gasteiger partial charge in [0.25, 0.3) is 0 Å². The van der Waals surface area contributed by atoms with Gasteiger partial charge in [-0.15, -0.1) is 0 Å². The first kappa shape index (κ1) is 15.0. The first-order valence-corrected chi connectivity index (χ1v) is 6.94. The Morgan fingerprint density at radius 2 is 1.94 bits per heavy atom. The molecule has 1 atom stereocenters. The zero-order chi connectivity index (χ0) is 13.8. The summed E-state index contributed by atoms with van der Waals surface area (Å²) in [4.78, 5) is 23.4. The normalized spacial score (nSPS) is 29.6. The highest BCUT2D eigenvalue weighted by atomic mass is 16.4. The molecule has 104 valence electrons. The van der Waals surface area contributed by atoms with Gasteiger partial charge in [-0.05, 0) is 37.5 Å². The van der Waals surface area contributed by atoms with Crippen LogP contribution in [0.3, 0.4) is 0 Å². The molecule has 0 aromatic rings. The van der Waals surface area contributed by atoms with Crippen LogP contribution < -0.4 is 5.32 Å². The lowest BCUT2D eigenvalue weighted by atomic mass is 9.77. The monoisotopic (exact) mass is 255 g/mol. The molecule has 18 heavy (non-hydrogen) atoms. The Bertz CT molecular complexity index is 306. The summed E-state index contributed by atoms with van der Waals surface area (Å²) in [5.41, 5.74) is -1.02. The Kier molecular flexibility index (Phi) is 5.17. The molecule has 2 N–H and O–H groups in total. The van der Waals surface area contributed by atoms with E-state index in [9.17, 15) is 14.7 Å². The maximum atomic E-state index is 11.9. The Hall–Kier alpha value is -1.06. The zero-order valence-electron chi connectivity index (χ0n) is 11.7. The molecule has 0 saturated heterocycles. The molecule has 1 aliphatic rings. The Morgan fingerprint density at radius 3 is 2.39 bits per heavy atom. The summed E-state index contributed by atoms with van der Waals surface area (Å²) in [5, 5.41) is 12.2. The zero-order valence-corrected chi connectivity index (χ0v) is 11.7. The Morgan fingerprint density at radius 1 is 1.39 bits per heavy atom. The number of aliphatic carboxylic acids is 1. The second-order valence-corrected chi connectivity index (χ2v) is 5.84. The number of amides is 1. The fraction of sp³-hybridized carbons (Fsp3) is 0.857. The molecule has 1 rings (SSSR count). The van der Waals surface area contributed by atoms with Crippen LogP contribution in [0.2, 0.25) is 0 Å². The third kappa shape index (κ3) is 3.72. The highest BCUT2D eigenvalue weighted by Crippen LogP contribution is 2.32. The Balaban J connectivity index is 2.63. The number of nitrogens with one attached hydrogen (secondary N) is 1. The molecule has 1 fully saturated rings. The van der Waals surface area contributed by atoms with E-state index in [-0.39, 0.29) is 5.91 Å². The highest BCUT2D eigenvalue weighted by Gasteiger charge is 2.42. The average molecular weight is 255 g/mol. The summed E-state index contributed by atoms with van der Waals surface area (Å²) in [6.07, 6.45) is 4.20. The van der Waals surface area contributed by atoms with Crippen LogP contribution >= 0.6 is 0 Å². The van der Waals surface area contributed by atoms with Gasteiger partial charge in [0.05, 0.1) is 0 Å². The number of carboxylic acids is 1. The lowest BCUT2D eigenvalue weighted by Gasteiger charge is -2.36. The van der Waals surface area contributed by atoms with Crippen LogP contribution in [0.4, 0.5) is 0 Å². The maximum absolute atomic E-state index is 11.9. The SMILES string of the molecule is CCC(C)CC(=O)NC1(C(=O)O)CCC(C)CC1. The topological polar surface area (TPSA) is 66.4 Å². The van der Waals surface area contributed by atoms with Crippen molar-refractivity contribution in [1.82, 2.24) is 5.32 Å². The van der Waals surface area contributed by atoms with Gasteiger partial charge in [-0.3, -0.25) is 4.79 Å². The van der Waals surface area contributed by atoms with Crippen LogP contribution in [0.15, 0.2) is 0 Å². The van der Waals surface area contributed by atoms with Crippen molar-refractivity contribution in [3.8, 4) is 0 Å². The van der Waals surface area contributed by atoms with Gasteiger partial charge in [-0.1, -0.05) is 27.2 Å². The average Bonchev–Trinajstić information content (AvgIpc) is 2.31. The van der Waals surface area contributed by atoms with E-state index in [1.54, 1.807) is 0 Å². The number of carbonyl (C=O) groups is 2. The van der Waals surface area contributed by atoms with Crippen molar-refractivity contribution in [2.45, 2.75) is 64.8 Å². The number of rotatable bonds is 5. The number of carboxylic acid groups (broad SMARTS) is 1. The lowest BCUT2D eigenvalue weighted by Crippen LogP contribution is -2.56. The molecule has 4 nitrogen and oxygen atoms in total. The first-order chi connectivity index (χ1) is 8.39. The van der Waals surface area contributed by atoms with Crippen molar-refractivity contribution in [3.05, 3.63) is 0 Å². The van der Waals surface area contributed by atoms with Crippen molar-refractivity contribution in [2.24, 2.45) is 11.8 Å². The van der Waals surface area contributed by atoms with Gasteiger partial charge in [-0.25, -0.2) is 4.79 Å². The molecule has 0 aromatic heterocycles. The molecule has 0 spiro atoms. The molecule has 1 amide bonds. The van der Waals surface area contributed by atoms with Crippen LogP contribution in [-0.2, 0) is 9.59 Å². The van der Waals surface area contributed by atoms with E-state index in [4.69, 9.17) is 0 Å². The smallest absolute Gasteiger partial charge is 0.329 e. The van der Waals surface area contributed by atoms with Crippen molar-refractivity contribution < 1.29 is 14.7 Å². The molecule has 1 unspecified atom stereocenters. The van der Waals surface area contributed by atoms with Crippen LogP contribution in [-0.4, -0.2) is 22.5 Å². The minimum atomic E-state index is -1.02. The minimum absolute atomic E-state index is 0.124. The summed E-state index contributed by atoms with van der Waals surface area (Å²) in [6, 6.07) is 0. The standard InChI is InChI=1S/C14H25NO3/c1-4-10(2)9-12(16)15-14(13(17)18)7-5-11(3)6-8-14/h10-11H,4-9H2,1-3H3,(H,15,16)(H,17,18).